The van der Waals surface area contributed by atoms with Gasteiger partial charge < -0.3 is 10.2 Å². The summed E-state index contributed by atoms with van der Waals surface area (Å²) < 4.78 is 0. The number of hydrogen-bond donors (Lipinski definition) is 2. The first-order valence-electron chi connectivity index (χ1n) is 6.67. The molecule has 0 heterocycles. The van der Waals surface area contributed by atoms with Gasteiger partial charge in [0, 0.05) is 0 Å². The molecule has 0 aliphatic heterocycles. The summed E-state index contributed by atoms with van der Waals surface area (Å²) in [5.41, 5.74) is 1.11. The van der Waals surface area contributed by atoms with E-state index >= 15 is 0 Å². The van der Waals surface area contributed by atoms with Gasteiger partial charge in [-0.25, -0.2) is 0 Å². The molecule has 17 heavy (non-hydrogen) atoms. The fraction of sp³-hybridized carbons (Fsp3) is 0.600. The zero-order chi connectivity index (χ0) is 12.3. The molecule has 0 saturated heterocycles. The molecular formula is C15H22O2. The van der Waals surface area contributed by atoms with Gasteiger partial charge >= 0.3 is 0 Å². The lowest BCUT2D eigenvalue weighted by atomic mass is 9.75. The second kappa shape index (κ2) is 5.19. The van der Waals surface area contributed by atoms with Crippen LogP contribution in [0.15, 0.2) is 24.3 Å². The third kappa shape index (κ3) is 2.38. The number of aliphatic hydroxyl groups is 2. The van der Waals surface area contributed by atoms with E-state index in [9.17, 15) is 10.2 Å². The second-order valence-corrected chi connectivity index (χ2v) is 5.09. The molecule has 0 aromatic heterocycles. The third-order valence-electron chi connectivity index (χ3n) is 3.87. The Morgan fingerprint density at radius 1 is 1.35 bits per heavy atom. The second-order valence-electron chi connectivity index (χ2n) is 5.09. The minimum absolute atomic E-state index is 0.635. The molecule has 2 rings (SSSR count). The van der Waals surface area contributed by atoms with Gasteiger partial charge in [-0.2, -0.15) is 0 Å². The minimum atomic E-state index is -1.02. The van der Waals surface area contributed by atoms with E-state index in [1.807, 2.05) is 18.2 Å². The van der Waals surface area contributed by atoms with Crippen molar-refractivity contribution < 1.29 is 10.2 Å². The lowest BCUT2D eigenvalue weighted by molar-refractivity contribution is -0.0951. The van der Waals surface area contributed by atoms with Crippen LogP contribution in [0.1, 0.15) is 50.2 Å². The maximum absolute atomic E-state index is 10.8. The van der Waals surface area contributed by atoms with Crippen LogP contribution in [-0.2, 0) is 12.0 Å². The highest BCUT2D eigenvalue weighted by atomic mass is 16.3. The van der Waals surface area contributed by atoms with E-state index in [0.717, 1.165) is 31.2 Å². The molecule has 94 valence electrons. The summed E-state index contributed by atoms with van der Waals surface area (Å²) in [6.07, 6.45) is 4.70. The molecule has 2 unspecified atom stereocenters. The Labute approximate surface area is 103 Å². The Bertz CT molecular complexity index is 375. The normalized spacial score (nSPS) is 25.4. The van der Waals surface area contributed by atoms with Crippen molar-refractivity contribution in [3.63, 3.8) is 0 Å². The summed E-state index contributed by atoms with van der Waals surface area (Å²) in [5, 5.41) is 21.0. The predicted molar refractivity (Wildman–Crippen MR) is 68.8 cm³/mol. The Morgan fingerprint density at radius 2 is 2.12 bits per heavy atom. The van der Waals surface area contributed by atoms with Gasteiger partial charge in [-0.3, -0.25) is 0 Å². The number of unbranched alkanes of at least 4 members (excludes halogenated alkanes) is 1. The number of aliphatic hydroxyl groups excluding tert-OH is 1. The van der Waals surface area contributed by atoms with E-state index in [-0.39, 0.29) is 0 Å². The van der Waals surface area contributed by atoms with E-state index in [1.165, 1.54) is 5.56 Å². The largest absolute Gasteiger partial charge is 0.390 e. The Hall–Kier alpha value is -0.860. The molecule has 0 spiro atoms. The first-order chi connectivity index (χ1) is 8.18. The van der Waals surface area contributed by atoms with Crippen molar-refractivity contribution in [2.24, 2.45) is 0 Å². The molecule has 1 aromatic rings. The van der Waals surface area contributed by atoms with Crippen molar-refractivity contribution in [1.82, 2.24) is 0 Å². The highest BCUT2D eigenvalue weighted by molar-refractivity contribution is 5.35. The first kappa shape index (κ1) is 12.6. The van der Waals surface area contributed by atoms with Crippen LogP contribution in [0.5, 0.6) is 0 Å². The van der Waals surface area contributed by atoms with Gasteiger partial charge in [0.2, 0.25) is 0 Å². The highest BCUT2D eigenvalue weighted by Gasteiger charge is 2.40. The van der Waals surface area contributed by atoms with Crippen LogP contribution in [0.4, 0.5) is 0 Å². The van der Waals surface area contributed by atoms with E-state index in [1.54, 1.807) is 0 Å². The molecule has 0 bridgehead atoms. The quantitative estimate of drug-likeness (QED) is 0.841. The first-order valence-corrected chi connectivity index (χ1v) is 6.67. The lowest BCUT2D eigenvalue weighted by Gasteiger charge is -2.38. The summed E-state index contributed by atoms with van der Waals surface area (Å²) in [6.45, 7) is 2.10. The molecule has 1 aliphatic carbocycles. The van der Waals surface area contributed by atoms with Crippen molar-refractivity contribution >= 4 is 0 Å². The van der Waals surface area contributed by atoms with Gasteiger partial charge in [-0.15, -0.1) is 0 Å². The standard InChI is InChI=1S/C15H22O2/c1-2-3-10-14(16)15(17)11-6-8-12-7-4-5-9-13(12)15/h4-5,7,9,14,16-17H,2-3,6,8,10-11H2,1H3. The minimum Gasteiger partial charge on any atom is -0.390 e. The lowest BCUT2D eigenvalue weighted by Crippen LogP contribution is -2.42. The molecule has 1 aromatic carbocycles. The Kier molecular flexibility index (Phi) is 3.85. The smallest absolute Gasteiger partial charge is 0.116 e. The van der Waals surface area contributed by atoms with E-state index in [0.29, 0.717) is 12.8 Å². The van der Waals surface area contributed by atoms with Gasteiger partial charge in [0.1, 0.15) is 5.60 Å². The highest BCUT2D eigenvalue weighted by Crippen LogP contribution is 2.39. The fourth-order valence-electron chi connectivity index (χ4n) is 2.83. The average Bonchev–Trinajstić information content (AvgIpc) is 2.36. The van der Waals surface area contributed by atoms with Crippen molar-refractivity contribution in [3.8, 4) is 0 Å². The predicted octanol–water partition coefficient (Wildman–Crippen LogP) is 2.76. The Balaban J connectivity index is 2.26. The van der Waals surface area contributed by atoms with Crippen LogP contribution in [0.3, 0.4) is 0 Å². The molecule has 0 fully saturated rings. The number of fused-ring (bicyclic) bond motifs is 1. The molecule has 0 radical (unpaired) electrons. The summed E-state index contributed by atoms with van der Waals surface area (Å²) in [6, 6.07) is 7.97. The Morgan fingerprint density at radius 3 is 2.88 bits per heavy atom. The van der Waals surface area contributed by atoms with Crippen LogP contribution in [0.2, 0.25) is 0 Å². The maximum Gasteiger partial charge on any atom is 0.116 e. The third-order valence-corrected chi connectivity index (χ3v) is 3.87. The number of rotatable bonds is 4. The van der Waals surface area contributed by atoms with Crippen LogP contribution >= 0.6 is 0 Å². The average molecular weight is 234 g/mol. The van der Waals surface area contributed by atoms with E-state index < -0.39 is 11.7 Å². The van der Waals surface area contributed by atoms with E-state index in [2.05, 4.69) is 13.0 Å². The summed E-state index contributed by atoms with van der Waals surface area (Å²) in [5.74, 6) is 0. The molecule has 2 heteroatoms. The number of aryl methyl sites for hydroxylation is 1. The number of benzene rings is 1. The zero-order valence-electron chi connectivity index (χ0n) is 10.5. The molecule has 0 amide bonds. The van der Waals surface area contributed by atoms with Crippen molar-refractivity contribution in [1.29, 1.82) is 0 Å². The van der Waals surface area contributed by atoms with Gasteiger partial charge in [0.05, 0.1) is 6.10 Å². The van der Waals surface area contributed by atoms with Gasteiger partial charge in [0.15, 0.2) is 0 Å². The molecule has 2 N–H and O–H groups in total. The molecule has 2 atom stereocenters. The van der Waals surface area contributed by atoms with Crippen LogP contribution in [-0.4, -0.2) is 16.3 Å². The number of hydrogen-bond acceptors (Lipinski definition) is 2. The fourth-order valence-corrected chi connectivity index (χ4v) is 2.83. The van der Waals surface area contributed by atoms with E-state index in [4.69, 9.17) is 0 Å². The van der Waals surface area contributed by atoms with Gasteiger partial charge in [-0.05, 0) is 36.8 Å². The maximum atomic E-state index is 10.8. The van der Waals surface area contributed by atoms with Crippen LogP contribution in [0, 0.1) is 0 Å². The molecular weight excluding hydrogens is 212 g/mol. The van der Waals surface area contributed by atoms with Crippen molar-refractivity contribution in [3.05, 3.63) is 35.4 Å². The summed E-state index contributed by atoms with van der Waals surface area (Å²) in [4.78, 5) is 0. The summed E-state index contributed by atoms with van der Waals surface area (Å²) >= 11 is 0. The SMILES string of the molecule is CCCCC(O)C1(O)CCCc2ccccc21. The van der Waals surface area contributed by atoms with Gasteiger partial charge in [-0.1, -0.05) is 44.0 Å². The molecule has 2 nitrogen and oxygen atoms in total. The van der Waals surface area contributed by atoms with Crippen LogP contribution in [0.25, 0.3) is 0 Å². The molecule has 0 saturated carbocycles. The van der Waals surface area contributed by atoms with Crippen molar-refractivity contribution in [2.45, 2.75) is 57.2 Å². The monoisotopic (exact) mass is 234 g/mol. The molecule has 1 aliphatic rings. The summed E-state index contributed by atoms with van der Waals surface area (Å²) in [7, 11) is 0. The van der Waals surface area contributed by atoms with Crippen molar-refractivity contribution in [2.75, 3.05) is 0 Å². The van der Waals surface area contributed by atoms with Crippen LogP contribution < -0.4 is 0 Å². The zero-order valence-corrected chi connectivity index (χ0v) is 10.5. The van der Waals surface area contributed by atoms with Gasteiger partial charge in [0.25, 0.3) is 0 Å². The topological polar surface area (TPSA) is 40.5 Å².